The first-order valence-electron chi connectivity index (χ1n) is 12.0. The van der Waals surface area contributed by atoms with E-state index in [-0.39, 0.29) is 36.8 Å². The summed E-state index contributed by atoms with van der Waals surface area (Å²) in [6.07, 6.45) is 1.62. The summed E-state index contributed by atoms with van der Waals surface area (Å²) in [5.41, 5.74) is 3.17. The molecule has 202 valence electrons. The number of amides is 3. The van der Waals surface area contributed by atoms with Gasteiger partial charge in [0.05, 0.1) is 18.6 Å². The van der Waals surface area contributed by atoms with Gasteiger partial charge in [0.15, 0.2) is 18.1 Å². The van der Waals surface area contributed by atoms with Gasteiger partial charge in [-0.1, -0.05) is 35.9 Å². The fraction of sp³-hybridized carbons (Fsp3) is 0.207. The zero-order valence-corrected chi connectivity index (χ0v) is 23.2. The Kier molecular flexibility index (Phi) is 9.16. The van der Waals surface area contributed by atoms with Gasteiger partial charge in [-0.2, -0.15) is 0 Å². The van der Waals surface area contributed by atoms with Gasteiger partial charge in [-0.3, -0.25) is 19.3 Å². The Labute approximate surface area is 235 Å². The average Bonchev–Trinajstić information content (AvgIpc) is 3.17. The lowest BCUT2D eigenvalue weighted by Crippen LogP contribution is -2.32. The third-order valence-electron chi connectivity index (χ3n) is 5.75. The molecule has 1 aliphatic heterocycles. The molecule has 10 heteroatoms. The molecule has 0 atom stereocenters. The molecule has 0 saturated carbocycles. The lowest BCUT2D eigenvalue weighted by atomic mass is 10.2. The number of rotatable bonds is 10. The molecule has 0 aliphatic carbocycles. The molecule has 1 saturated heterocycles. The predicted molar refractivity (Wildman–Crippen MR) is 153 cm³/mol. The van der Waals surface area contributed by atoms with E-state index in [0.29, 0.717) is 38.4 Å². The number of halogens is 1. The van der Waals surface area contributed by atoms with E-state index in [4.69, 9.17) is 25.8 Å². The van der Waals surface area contributed by atoms with Gasteiger partial charge in [-0.25, -0.2) is 0 Å². The molecule has 1 N–H and O–H groups in total. The van der Waals surface area contributed by atoms with Crippen LogP contribution in [-0.2, 0) is 9.59 Å². The molecular formula is C29H27ClN2O6S. The SMILES string of the molecule is COc1cc(/C=C2\SC(=O)N(CCOc3cccc(C)c3)C2=O)ccc1OCC(=O)Nc1ccc(C)c(Cl)c1. The van der Waals surface area contributed by atoms with Crippen LogP contribution >= 0.6 is 23.4 Å². The monoisotopic (exact) mass is 566 g/mol. The summed E-state index contributed by atoms with van der Waals surface area (Å²) in [5.74, 6) is 0.670. The van der Waals surface area contributed by atoms with Crippen LogP contribution in [0.25, 0.3) is 6.08 Å². The third kappa shape index (κ3) is 7.34. The molecule has 0 spiro atoms. The zero-order chi connectivity index (χ0) is 27.9. The average molecular weight is 567 g/mol. The van der Waals surface area contributed by atoms with Crippen molar-refractivity contribution in [2.75, 3.05) is 32.2 Å². The first-order valence-corrected chi connectivity index (χ1v) is 13.2. The molecule has 8 nitrogen and oxygen atoms in total. The highest BCUT2D eigenvalue weighted by Gasteiger charge is 2.34. The highest BCUT2D eigenvalue weighted by molar-refractivity contribution is 8.18. The minimum absolute atomic E-state index is 0.142. The number of nitrogens with one attached hydrogen (secondary N) is 1. The lowest BCUT2D eigenvalue weighted by Gasteiger charge is -2.13. The summed E-state index contributed by atoms with van der Waals surface area (Å²) >= 11 is 6.98. The van der Waals surface area contributed by atoms with E-state index in [1.54, 1.807) is 36.4 Å². The number of hydrogen-bond donors (Lipinski definition) is 1. The number of hydrogen-bond acceptors (Lipinski definition) is 7. The normalized spacial score (nSPS) is 14.1. The number of nitrogens with zero attached hydrogens (tertiary/aromatic N) is 1. The summed E-state index contributed by atoms with van der Waals surface area (Å²) in [6.45, 7) is 3.93. The number of aryl methyl sites for hydroxylation is 2. The van der Waals surface area contributed by atoms with Crippen LogP contribution in [0.5, 0.6) is 17.2 Å². The van der Waals surface area contributed by atoms with Crippen molar-refractivity contribution in [2.24, 2.45) is 0 Å². The van der Waals surface area contributed by atoms with Crippen molar-refractivity contribution < 1.29 is 28.6 Å². The molecular weight excluding hydrogens is 540 g/mol. The summed E-state index contributed by atoms with van der Waals surface area (Å²) < 4.78 is 16.7. The van der Waals surface area contributed by atoms with E-state index in [1.807, 2.05) is 44.2 Å². The minimum atomic E-state index is -0.384. The number of anilines is 1. The van der Waals surface area contributed by atoms with Crippen molar-refractivity contribution in [3.05, 3.63) is 87.3 Å². The molecule has 3 aromatic rings. The molecule has 3 aromatic carbocycles. The van der Waals surface area contributed by atoms with E-state index in [0.717, 1.165) is 22.9 Å². The van der Waals surface area contributed by atoms with Crippen LogP contribution in [0.2, 0.25) is 5.02 Å². The topological polar surface area (TPSA) is 94.2 Å². The molecule has 0 aromatic heterocycles. The van der Waals surface area contributed by atoms with Crippen LogP contribution in [0.4, 0.5) is 10.5 Å². The Balaban J connectivity index is 1.35. The minimum Gasteiger partial charge on any atom is -0.493 e. The van der Waals surface area contributed by atoms with Crippen LogP contribution in [0, 0.1) is 13.8 Å². The maximum Gasteiger partial charge on any atom is 0.293 e. The quantitative estimate of drug-likeness (QED) is 0.296. The van der Waals surface area contributed by atoms with Gasteiger partial charge in [-0.15, -0.1) is 0 Å². The van der Waals surface area contributed by atoms with Crippen LogP contribution in [0.15, 0.2) is 65.6 Å². The number of ether oxygens (including phenoxy) is 3. The second-order valence-corrected chi connectivity index (χ2v) is 10.1. The van der Waals surface area contributed by atoms with E-state index < -0.39 is 0 Å². The fourth-order valence-corrected chi connectivity index (χ4v) is 4.75. The number of carbonyl (C=O) groups is 3. The summed E-state index contributed by atoms with van der Waals surface area (Å²) in [7, 11) is 1.47. The van der Waals surface area contributed by atoms with Crippen molar-refractivity contribution in [1.29, 1.82) is 0 Å². The molecule has 0 bridgehead atoms. The maximum atomic E-state index is 12.9. The lowest BCUT2D eigenvalue weighted by molar-refractivity contribution is -0.123. The number of thioether (sulfide) groups is 1. The van der Waals surface area contributed by atoms with Crippen molar-refractivity contribution in [1.82, 2.24) is 4.90 Å². The smallest absolute Gasteiger partial charge is 0.293 e. The van der Waals surface area contributed by atoms with Crippen molar-refractivity contribution in [2.45, 2.75) is 13.8 Å². The van der Waals surface area contributed by atoms with Gasteiger partial charge in [-0.05, 0) is 84.8 Å². The van der Waals surface area contributed by atoms with Gasteiger partial charge < -0.3 is 19.5 Å². The van der Waals surface area contributed by atoms with E-state index in [1.165, 1.54) is 12.0 Å². The second-order valence-electron chi connectivity index (χ2n) is 8.71. The molecule has 4 rings (SSSR count). The molecule has 0 radical (unpaired) electrons. The fourth-order valence-electron chi connectivity index (χ4n) is 3.71. The first-order chi connectivity index (χ1) is 18.7. The Hall–Kier alpha value is -3.95. The van der Waals surface area contributed by atoms with Crippen molar-refractivity contribution in [3.8, 4) is 17.2 Å². The first kappa shape index (κ1) is 28.1. The van der Waals surface area contributed by atoms with E-state index in [2.05, 4.69) is 5.32 Å². The van der Waals surface area contributed by atoms with Crippen LogP contribution in [0.1, 0.15) is 16.7 Å². The second kappa shape index (κ2) is 12.7. The largest absolute Gasteiger partial charge is 0.493 e. The van der Waals surface area contributed by atoms with Crippen LogP contribution in [0.3, 0.4) is 0 Å². The number of benzene rings is 3. The molecule has 3 amide bonds. The van der Waals surface area contributed by atoms with Gasteiger partial charge >= 0.3 is 0 Å². The standard InChI is InChI=1S/C29H27ClN2O6S/c1-18-5-4-6-22(13-18)37-12-11-32-28(34)26(39-29(32)35)15-20-8-10-24(25(14-20)36-3)38-17-27(33)31-21-9-7-19(2)23(30)16-21/h4-10,13-16H,11-12,17H2,1-3H3,(H,31,33)/b26-15-. The summed E-state index contributed by atoms with van der Waals surface area (Å²) in [4.78, 5) is 39.1. The van der Waals surface area contributed by atoms with Gasteiger partial charge in [0, 0.05) is 10.7 Å². The van der Waals surface area contributed by atoms with Gasteiger partial charge in [0.1, 0.15) is 12.4 Å². The van der Waals surface area contributed by atoms with E-state index >= 15 is 0 Å². The Morgan fingerprint density at radius 2 is 1.85 bits per heavy atom. The molecule has 39 heavy (non-hydrogen) atoms. The molecule has 1 heterocycles. The van der Waals surface area contributed by atoms with Crippen LogP contribution in [-0.4, -0.2) is 48.8 Å². The summed E-state index contributed by atoms with van der Waals surface area (Å²) in [5, 5.41) is 2.93. The van der Waals surface area contributed by atoms with Crippen LogP contribution < -0.4 is 19.5 Å². The number of imide groups is 1. The Bertz CT molecular complexity index is 1440. The molecule has 1 aliphatic rings. The highest BCUT2D eigenvalue weighted by atomic mass is 35.5. The molecule has 0 unspecified atom stereocenters. The highest BCUT2D eigenvalue weighted by Crippen LogP contribution is 2.34. The zero-order valence-electron chi connectivity index (χ0n) is 21.7. The van der Waals surface area contributed by atoms with E-state index in [9.17, 15) is 14.4 Å². The Morgan fingerprint density at radius 3 is 2.59 bits per heavy atom. The maximum absolute atomic E-state index is 12.9. The predicted octanol–water partition coefficient (Wildman–Crippen LogP) is 6.10. The Morgan fingerprint density at radius 1 is 1.03 bits per heavy atom. The molecule has 1 fully saturated rings. The third-order valence-corrected chi connectivity index (χ3v) is 7.06. The number of carbonyl (C=O) groups excluding carboxylic acids is 3. The van der Waals surface area contributed by atoms with Crippen molar-refractivity contribution >= 4 is 52.2 Å². The van der Waals surface area contributed by atoms with Gasteiger partial charge in [0.25, 0.3) is 17.1 Å². The summed E-state index contributed by atoms with van der Waals surface area (Å²) in [6, 6.07) is 17.8. The van der Waals surface area contributed by atoms with Crippen molar-refractivity contribution in [3.63, 3.8) is 0 Å². The van der Waals surface area contributed by atoms with Gasteiger partial charge in [0.2, 0.25) is 0 Å². The number of methoxy groups -OCH3 is 1.